The van der Waals surface area contributed by atoms with Crippen LogP contribution >= 0.6 is 11.6 Å². The number of ether oxygens (including phenoxy) is 4. The van der Waals surface area contributed by atoms with Gasteiger partial charge in [0.25, 0.3) is 0 Å². The van der Waals surface area contributed by atoms with Gasteiger partial charge in [-0.25, -0.2) is 19.2 Å². The normalized spacial score (nSPS) is 12.0. The van der Waals surface area contributed by atoms with Crippen LogP contribution in [0, 0.1) is 0 Å². The van der Waals surface area contributed by atoms with Crippen LogP contribution < -0.4 is 21.7 Å². The molecule has 0 radical (unpaired) electrons. The molecule has 0 saturated heterocycles. The van der Waals surface area contributed by atoms with E-state index >= 15 is 0 Å². The Hall–Kier alpha value is -5.47. The summed E-state index contributed by atoms with van der Waals surface area (Å²) in [4.78, 5) is 45.4. The van der Waals surface area contributed by atoms with Crippen LogP contribution in [0.5, 0.6) is 0 Å². The summed E-state index contributed by atoms with van der Waals surface area (Å²) in [7, 11) is 0. The molecule has 0 aliphatic rings. The van der Waals surface area contributed by atoms with E-state index in [4.69, 9.17) is 40.4 Å². The second kappa shape index (κ2) is 22.7. The first-order valence-corrected chi connectivity index (χ1v) is 17.9. The molecule has 4 aromatic rings. The average molecular weight is 785 g/mol. The first kappa shape index (κ1) is 45.7. The van der Waals surface area contributed by atoms with Crippen LogP contribution in [0.3, 0.4) is 0 Å². The number of rotatable bonds is 13. The summed E-state index contributed by atoms with van der Waals surface area (Å²) in [6.07, 6.45) is 5.77. The Balaban J connectivity index is 0.000000331. The van der Waals surface area contributed by atoms with Crippen molar-refractivity contribution < 1.29 is 47.0 Å². The molecule has 55 heavy (non-hydrogen) atoms. The summed E-state index contributed by atoms with van der Waals surface area (Å²) in [5, 5.41) is 10.2. The van der Waals surface area contributed by atoms with Crippen molar-refractivity contribution in [2.75, 3.05) is 26.3 Å². The minimum Gasteiger partial charge on any atom is -0.464 e. The molecule has 0 fully saturated rings. The van der Waals surface area contributed by atoms with Gasteiger partial charge in [-0.1, -0.05) is 61.7 Å². The van der Waals surface area contributed by atoms with E-state index in [-0.39, 0.29) is 25.8 Å². The van der Waals surface area contributed by atoms with Crippen molar-refractivity contribution in [1.29, 1.82) is 0 Å². The minimum atomic E-state index is -0.792. The van der Waals surface area contributed by atoms with Crippen molar-refractivity contribution in [3.63, 3.8) is 0 Å². The zero-order valence-electron chi connectivity index (χ0n) is 32.3. The molecule has 300 valence electrons. The Bertz CT molecular complexity index is 1840. The second-order valence-electron chi connectivity index (χ2n) is 13.9. The van der Waals surface area contributed by atoms with Crippen LogP contribution in [0.1, 0.15) is 52.7 Å². The summed E-state index contributed by atoms with van der Waals surface area (Å²) in [5.41, 5.74) is 7.36. The van der Waals surface area contributed by atoms with Crippen molar-refractivity contribution >= 4 is 57.2 Å². The molecule has 14 nitrogen and oxygen atoms in total. The third-order valence-corrected chi connectivity index (χ3v) is 7.03. The lowest BCUT2D eigenvalue weighted by atomic mass is 10.1. The van der Waals surface area contributed by atoms with E-state index in [1.165, 1.54) is 12.2 Å². The highest BCUT2D eigenvalue weighted by Gasteiger charge is 2.22. The standard InChI is InChI=1S/C20H26N2O5.C16H22N2O3.C4H5ClO2/c1-5-10-25-18(23)21-12-15(22-19(24)27-20(2,3)4)11-14-13-26-17-9-7-6-8-16(14)17;1-16(2,3)21-15(19)18-12(9-17)8-11-10-20-14-7-5-4-6-13(11)14;1-2-3-7-4(5)6/h5-9,13,15H,1,10-12H2,2-4H3,(H,21,23)(H,22,24);4-7,10,12H,8-9,17H2,1-3H3,(H,18,19);2H,1,3H2/t15-;12-;/m00./s1. The van der Waals surface area contributed by atoms with Crippen LogP contribution in [0.25, 0.3) is 21.9 Å². The van der Waals surface area contributed by atoms with E-state index in [9.17, 15) is 19.2 Å². The maximum Gasteiger partial charge on any atom is 0.407 e. The zero-order chi connectivity index (χ0) is 41.0. The number of amides is 3. The van der Waals surface area contributed by atoms with E-state index in [0.717, 1.165) is 33.1 Å². The number of hydrogen-bond acceptors (Lipinski definition) is 11. The highest BCUT2D eigenvalue weighted by atomic mass is 35.5. The smallest absolute Gasteiger partial charge is 0.407 e. The molecule has 0 saturated carbocycles. The Morgan fingerprint density at radius 1 is 0.727 bits per heavy atom. The maximum atomic E-state index is 12.2. The zero-order valence-corrected chi connectivity index (χ0v) is 33.0. The Labute approximate surface area is 326 Å². The molecule has 0 unspecified atom stereocenters. The van der Waals surface area contributed by atoms with Crippen LogP contribution in [0.4, 0.5) is 19.2 Å². The van der Waals surface area contributed by atoms with Crippen molar-refractivity contribution in [3.05, 3.63) is 97.5 Å². The SMILES string of the molecule is C=CCOC(=O)Cl.C=CCOC(=O)NC[C@H](Cc1coc2ccccc12)NC(=O)OC(C)(C)C.CC(C)(C)OC(=O)N[C@H](CN)Cc1coc2ccccc12. The van der Waals surface area contributed by atoms with Crippen molar-refractivity contribution in [2.45, 2.75) is 77.7 Å². The Morgan fingerprint density at radius 2 is 1.16 bits per heavy atom. The number of carbonyl (C=O) groups excluding carboxylic acids is 4. The van der Waals surface area contributed by atoms with Gasteiger partial charge < -0.3 is 49.5 Å². The van der Waals surface area contributed by atoms with E-state index in [1.807, 2.05) is 69.3 Å². The molecular formula is C40H53ClN4O10. The van der Waals surface area contributed by atoms with Gasteiger partial charge in [0.2, 0.25) is 0 Å². The molecule has 15 heteroatoms. The second-order valence-corrected chi connectivity index (χ2v) is 14.3. The van der Waals surface area contributed by atoms with Gasteiger partial charge in [-0.05, 0) is 66.5 Å². The number of furan rings is 2. The first-order valence-electron chi connectivity index (χ1n) is 17.5. The summed E-state index contributed by atoms with van der Waals surface area (Å²) < 4.78 is 30.7. The van der Waals surface area contributed by atoms with Crippen LogP contribution in [-0.4, -0.2) is 73.3 Å². The lowest BCUT2D eigenvalue weighted by Gasteiger charge is -2.23. The Kier molecular flexibility index (Phi) is 18.8. The van der Waals surface area contributed by atoms with Gasteiger partial charge in [-0.2, -0.15) is 0 Å². The number of halogens is 1. The molecule has 2 heterocycles. The molecule has 0 aliphatic carbocycles. The number of nitrogens with two attached hydrogens (primary N) is 1. The number of fused-ring (bicyclic) bond motifs is 2. The number of carbonyl (C=O) groups is 4. The lowest BCUT2D eigenvalue weighted by molar-refractivity contribution is 0.0492. The molecule has 0 bridgehead atoms. The summed E-state index contributed by atoms with van der Waals surface area (Å²) in [6, 6.07) is 14.8. The molecule has 5 N–H and O–H groups in total. The number of para-hydroxylation sites is 2. The van der Waals surface area contributed by atoms with Gasteiger partial charge in [0.15, 0.2) is 0 Å². The Morgan fingerprint density at radius 3 is 1.58 bits per heavy atom. The molecular weight excluding hydrogens is 732 g/mol. The van der Waals surface area contributed by atoms with Crippen LogP contribution in [0.2, 0.25) is 0 Å². The predicted molar refractivity (Wildman–Crippen MR) is 212 cm³/mol. The number of nitrogens with one attached hydrogen (secondary N) is 3. The van der Waals surface area contributed by atoms with E-state index in [1.54, 1.807) is 33.3 Å². The third kappa shape index (κ3) is 18.4. The fraction of sp³-hybridized carbons (Fsp3) is 0.400. The fourth-order valence-electron chi connectivity index (χ4n) is 4.75. The number of alkyl carbamates (subject to hydrolysis) is 3. The third-order valence-electron chi connectivity index (χ3n) is 6.92. The highest BCUT2D eigenvalue weighted by Crippen LogP contribution is 2.23. The van der Waals surface area contributed by atoms with E-state index < -0.39 is 41.0 Å². The van der Waals surface area contributed by atoms with Gasteiger partial charge in [0.05, 0.1) is 18.6 Å². The first-order chi connectivity index (χ1) is 25.9. The number of benzene rings is 2. The molecule has 2 atom stereocenters. The van der Waals surface area contributed by atoms with E-state index in [2.05, 4.69) is 33.8 Å². The summed E-state index contributed by atoms with van der Waals surface area (Å²) >= 11 is 4.75. The van der Waals surface area contributed by atoms with Gasteiger partial charge in [-0.15, -0.1) is 0 Å². The summed E-state index contributed by atoms with van der Waals surface area (Å²) in [5.74, 6) is 0. The topological polar surface area (TPSA) is 194 Å². The maximum absolute atomic E-state index is 12.2. The monoisotopic (exact) mass is 784 g/mol. The lowest BCUT2D eigenvalue weighted by Crippen LogP contribution is -2.46. The number of hydrogen-bond donors (Lipinski definition) is 4. The molecule has 0 aliphatic heterocycles. The molecule has 3 amide bonds. The van der Waals surface area contributed by atoms with Crippen molar-refractivity contribution in [1.82, 2.24) is 16.0 Å². The van der Waals surface area contributed by atoms with Gasteiger partial charge >= 0.3 is 23.7 Å². The molecule has 0 spiro atoms. The predicted octanol–water partition coefficient (Wildman–Crippen LogP) is 8.16. The van der Waals surface area contributed by atoms with Gasteiger partial charge in [0, 0.05) is 52.6 Å². The average Bonchev–Trinajstić information content (AvgIpc) is 3.71. The fourth-order valence-corrected chi connectivity index (χ4v) is 4.81. The van der Waals surface area contributed by atoms with Crippen molar-refractivity contribution in [2.24, 2.45) is 5.73 Å². The van der Waals surface area contributed by atoms with Crippen LogP contribution in [0.15, 0.2) is 95.2 Å². The van der Waals surface area contributed by atoms with E-state index in [0.29, 0.717) is 19.4 Å². The molecule has 4 rings (SSSR count). The molecule has 2 aromatic heterocycles. The quantitative estimate of drug-likeness (QED) is 0.0581. The van der Waals surface area contributed by atoms with Gasteiger partial charge in [0.1, 0.15) is 35.6 Å². The minimum absolute atomic E-state index is 0.113. The summed E-state index contributed by atoms with van der Waals surface area (Å²) in [6.45, 7) is 18.4. The van der Waals surface area contributed by atoms with Gasteiger partial charge in [-0.3, -0.25) is 0 Å². The highest BCUT2D eigenvalue weighted by molar-refractivity contribution is 6.61. The van der Waals surface area contributed by atoms with Crippen molar-refractivity contribution in [3.8, 4) is 0 Å². The largest absolute Gasteiger partial charge is 0.464 e. The molecule has 2 aromatic carbocycles. The van der Waals surface area contributed by atoms with Crippen LogP contribution in [-0.2, 0) is 31.8 Å².